The first-order valence-electron chi connectivity index (χ1n) is 14.7. The molecule has 0 spiro atoms. The number of nitrogens with zero attached hydrogens (tertiary/aromatic N) is 8. The van der Waals surface area contributed by atoms with Gasteiger partial charge in [0.25, 0.3) is 0 Å². The van der Waals surface area contributed by atoms with Crippen LogP contribution in [-0.2, 0) is 0 Å². The van der Waals surface area contributed by atoms with Crippen LogP contribution in [0.2, 0.25) is 5.15 Å². The van der Waals surface area contributed by atoms with Gasteiger partial charge >= 0.3 is 13.1 Å². The fourth-order valence-corrected chi connectivity index (χ4v) is 4.04. The third kappa shape index (κ3) is 11.7. The first-order chi connectivity index (χ1) is 24.0. The van der Waals surface area contributed by atoms with Gasteiger partial charge in [0, 0.05) is 48.3 Å². The normalized spacial score (nSPS) is 9.52. The number of nitriles is 2. The molecule has 0 aliphatic carbocycles. The molecule has 0 saturated carbocycles. The van der Waals surface area contributed by atoms with Crippen molar-refractivity contribution in [3.05, 3.63) is 149 Å². The Morgan fingerprint density at radius 2 is 1.00 bits per heavy atom. The van der Waals surface area contributed by atoms with Gasteiger partial charge in [-0.2, -0.15) is 10.5 Å². The van der Waals surface area contributed by atoms with Crippen LogP contribution in [0.1, 0.15) is 38.6 Å². The monoisotopic (exact) mass is 684 g/mol. The Kier molecular flexibility index (Phi) is 14.8. The minimum atomic E-state index is -1.35. The molecule has 3 N–H and O–H groups in total. The average molecular weight is 685 g/mol. The predicted octanol–water partition coefficient (Wildman–Crippen LogP) is 5.15. The lowest BCUT2D eigenvalue weighted by Crippen LogP contribution is -2.29. The third-order valence-electron chi connectivity index (χ3n) is 6.49. The molecule has 3 aromatic heterocycles. The molecule has 0 fully saturated rings. The summed E-state index contributed by atoms with van der Waals surface area (Å²) in [5.74, 6) is -1.07. The van der Waals surface area contributed by atoms with E-state index in [0.29, 0.717) is 22.5 Å². The van der Waals surface area contributed by atoms with Gasteiger partial charge in [0.05, 0.1) is 0 Å². The number of halogens is 1. The van der Waals surface area contributed by atoms with E-state index in [1.54, 1.807) is 24.4 Å². The number of carboxylic acids is 1. The third-order valence-corrected chi connectivity index (χ3v) is 6.77. The van der Waals surface area contributed by atoms with Crippen molar-refractivity contribution in [1.29, 1.82) is 10.5 Å². The topological polar surface area (TPSA) is 203 Å². The van der Waals surface area contributed by atoms with Crippen LogP contribution < -0.4 is 5.46 Å². The fourth-order valence-electron chi connectivity index (χ4n) is 3.89. The maximum atomic E-state index is 11.0. The van der Waals surface area contributed by atoms with E-state index in [0.717, 1.165) is 22.3 Å². The summed E-state index contributed by atoms with van der Waals surface area (Å²) in [6, 6.07) is 26.3. The van der Waals surface area contributed by atoms with Crippen molar-refractivity contribution in [2.75, 3.05) is 0 Å². The van der Waals surface area contributed by atoms with Gasteiger partial charge in [-0.3, -0.25) is 9.97 Å². The van der Waals surface area contributed by atoms with E-state index in [1.165, 1.54) is 36.5 Å². The molecule has 0 amide bonds. The SMILES string of the molecule is Cc1ccc(-c2nccnc2C#N)cc1.Cc1ccc(-c2nccnc2C(=O)O)cc1.Cc1ccc(B(O)O)cc1.N#Cc1nccnc1Cl. The van der Waals surface area contributed by atoms with Gasteiger partial charge in [-0.15, -0.1) is 0 Å². The van der Waals surface area contributed by atoms with Crippen molar-refractivity contribution in [3.63, 3.8) is 0 Å². The van der Waals surface area contributed by atoms with Crippen LogP contribution in [0.4, 0.5) is 0 Å². The van der Waals surface area contributed by atoms with Crippen molar-refractivity contribution in [2.24, 2.45) is 0 Å². The first kappa shape index (κ1) is 38.1. The lowest BCUT2D eigenvalue weighted by molar-refractivity contribution is 0.0691. The lowest BCUT2D eigenvalue weighted by Gasteiger charge is -2.03. The van der Waals surface area contributed by atoms with Crippen molar-refractivity contribution >= 4 is 30.2 Å². The summed E-state index contributed by atoms with van der Waals surface area (Å²) >= 11 is 5.43. The Morgan fingerprint density at radius 1 is 0.600 bits per heavy atom. The number of aromatic nitrogens is 6. The van der Waals surface area contributed by atoms with Gasteiger partial charge in [-0.05, 0) is 26.2 Å². The van der Waals surface area contributed by atoms with E-state index in [1.807, 2.05) is 87.5 Å². The number of carbonyl (C=O) groups is 1. The Balaban J connectivity index is 0.000000185. The zero-order chi connectivity index (χ0) is 36.5. The van der Waals surface area contributed by atoms with E-state index < -0.39 is 13.1 Å². The maximum absolute atomic E-state index is 11.0. The fraction of sp³-hybridized carbons (Fsp3) is 0.0833. The average Bonchev–Trinajstić information content (AvgIpc) is 3.13. The molecule has 50 heavy (non-hydrogen) atoms. The van der Waals surface area contributed by atoms with Gasteiger partial charge in [0.15, 0.2) is 22.2 Å². The van der Waals surface area contributed by atoms with Gasteiger partial charge in [0.1, 0.15) is 23.5 Å². The van der Waals surface area contributed by atoms with Crippen molar-refractivity contribution in [1.82, 2.24) is 29.9 Å². The van der Waals surface area contributed by atoms with Crippen LogP contribution in [0.15, 0.2) is 110 Å². The summed E-state index contributed by atoms with van der Waals surface area (Å²) in [7, 11) is -1.35. The van der Waals surface area contributed by atoms with Crippen molar-refractivity contribution in [2.45, 2.75) is 20.8 Å². The second-order valence-electron chi connectivity index (χ2n) is 10.2. The standard InChI is InChI=1S/C12H9N3.C12H10N2O2.C7H9BO2.C5H2ClN3/c1-9-2-4-10(5-3-9)12-11(8-13)14-6-7-15-12;1-8-2-4-9(5-3-8)10-11(12(15)16)14-7-6-13-10;1-6-2-4-7(5-3-6)8(9)10;6-5-4(3-7)8-1-2-9-5/h2-7H,1H3;2-7H,1H3,(H,15,16);2-5,9-10H,1H3;1-2H. The summed E-state index contributed by atoms with van der Waals surface area (Å²) in [6.45, 7) is 5.94. The lowest BCUT2D eigenvalue weighted by atomic mass is 9.80. The molecule has 0 bridgehead atoms. The molecule has 12 nitrogen and oxygen atoms in total. The molecule has 6 aromatic rings. The van der Waals surface area contributed by atoms with Crippen molar-refractivity contribution < 1.29 is 19.9 Å². The molecular formula is C36H30BClN8O4. The van der Waals surface area contributed by atoms with Crippen LogP contribution in [-0.4, -0.2) is 58.1 Å². The Hall–Kier alpha value is -6.38. The molecule has 3 aromatic carbocycles. The minimum absolute atomic E-state index is 0.0219. The quantitative estimate of drug-likeness (QED) is 0.206. The molecule has 14 heteroatoms. The molecule has 0 saturated heterocycles. The number of carboxylic acid groups (broad SMARTS) is 1. The summed E-state index contributed by atoms with van der Waals surface area (Å²) in [5, 5.41) is 43.6. The zero-order valence-electron chi connectivity index (χ0n) is 27.2. The van der Waals surface area contributed by atoms with Crippen LogP contribution in [0.25, 0.3) is 22.5 Å². The summed E-state index contributed by atoms with van der Waals surface area (Å²) < 4.78 is 0. The van der Waals surface area contributed by atoms with Crippen LogP contribution >= 0.6 is 11.6 Å². The second-order valence-corrected chi connectivity index (χ2v) is 10.6. The highest BCUT2D eigenvalue weighted by Gasteiger charge is 2.14. The molecule has 3 heterocycles. The summed E-state index contributed by atoms with van der Waals surface area (Å²) in [4.78, 5) is 34.2. The zero-order valence-corrected chi connectivity index (χ0v) is 27.9. The predicted molar refractivity (Wildman–Crippen MR) is 189 cm³/mol. The number of aromatic carboxylic acids is 1. The Morgan fingerprint density at radius 3 is 1.44 bits per heavy atom. The molecule has 6 rings (SSSR count). The van der Waals surface area contributed by atoms with E-state index in [2.05, 4.69) is 29.9 Å². The largest absolute Gasteiger partial charge is 0.488 e. The van der Waals surface area contributed by atoms with Gasteiger partial charge in [-0.1, -0.05) is 101 Å². The molecular weight excluding hydrogens is 655 g/mol. The Bertz CT molecular complexity index is 2090. The van der Waals surface area contributed by atoms with E-state index in [-0.39, 0.29) is 16.5 Å². The smallest absolute Gasteiger partial charge is 0.476 e. The highest BCUT2D eigenvalue weighted by atomic mass is 35.5. The number of hydrogen-bond acceptors (Lipinski definition) is 11. The number of rotatable bonds is 4. The minimum Gasteiger partial charge on any atom is -0.476 e. The van der Waals surface area contributed by atoms with E-state index >= 15 is 0 Å². The van der Waals surface area contributed by atoms with Gasteiger partial charge in [0.2, 0.25) is 0 Å². The molecule has 0 aliphatic heterocycles. The molecule has 0 atom stereocenters. The summed E-state index contributed by atoms with van der Waals surface area (Å²) in [6.07, 6.45) is 8.84. The van der Waals surface area contributed by atoms with Gasteiger partial charge in [-0.25, -0.2) is 24.7 Å². The summed E-state index contributed by atoms with van der Waals surface area (Å²) in [5.41, 5.74) is 7.17. The maximum Gasteiger partial charge on any atom is 0.488 e. The van der Waals surface area contributed by atoms with Crippen LogP contribution in [0, 0.1) is 43.4 Å². The highest BCUT2D eigenvalue weighted by molar-refractivity contribution is 6.58. The van der Waals surface area contributed by atoms with Crippen LogP contribution in [0.3, 0.4) is 0 Å². The first-order valence-corrected chi connectivity index (χ1v) is 15.1. The van der Waals surface area contributed by atoms with Crippen molar-refractivity contribution in [3.8, 4) is 34.7 Å². The van der Waals surface area contributed by atoms with E-state index in [4.69, 9.17) is 37.3 Å². The van der Waals surface area contributed by atoms with Crippen LogP contribution in [0.5, 0.6) is 0 Å². The second kappa shape index (κ2) is 19.4. The number of aryl methyl sites for hydroxylation is 3. The van der Waals surface area contributed by atoms with E-state index in [9.17, 15) is 4.79 Å². The molecule has 0 radical (unpaired) electrons. The number of hydrogen-bond donors (Lipinski definition) is 3. The molecule has 0 aliphatic rings. The highest BCUT2D eigenvalue weighted by Crippen LogP contribution is 2.20. The molecule has 0 unspecified atom stereocenters. The number of benzene rings is 3. The van der Waals surface area contributed by atoms with Gasteiger partial charge < -0.3 is 15.2 Å². The molecule has 248 valence electrons. The Labute approximate surface area is 294 Å².